The first kappa shape index (κ1) is 24.8. The molecule has 1 aliphatic rings. The molecule has 1 atom stereocenters. The number of benzene rings is 1. The lowest BCUT2D eigenvalue weighted by Gasteiger charge is -2.04. The molecule has 4 nitrogen and oxygen atoms in total. The Labute approximate surface area is 178 Å². The Morgan fingerprint density at radius 2 is 2.18 bits per heavy atom. The van der Waals surface area contributed by atoms with Crippen molar-refractivity contribution in [1.82, 2.24) is 0 Å². The highest BCUT2D eigenvalue weighted by Crippen LogP contribution is 2.23. The molecule has 0 amide bonds. The minimum Gasteiger partial charge on any atom is -0.481 e. The molecule has 6 heteroatoms. The van der Waals surface area contributed by atoms with Crippen LogP contribution in [0.4, 0.5) is 0 Å². The third-order valence-electron chi connectivity index (χ3n) is 4.27. The maximum absolute atomic E-state index is 11.2. The van der Waals surface area contributed by atoms with E-state index in [9.17, 15) is 9.59 Å². The normalized spacial score (nSPS) is 16.2. The van der Waals surface area contributed by atoms with Gasteiger partial charge in [-0.2, -0.15) is 24.4 Å². The Kier molecular flexibility index (Phi) is 13.9. The van der Waals surface area contributed by atoms with Gasteiger partial charge in [-0.3, -0.25) is 9.59 Å². The van der Waals surface area contributed by atoms with Gasteiger partial charge in [-0.05, 0) is 54.2 Å². The van der Waals surface area contributed by atoms with Gasteiger partial charge in [0, 0.05) is 20.0 Å². The first-order valence-electron chi connectivity index (χ1n) is 9.70. The molecule has 0 aromatic heterocycles. The van der Waals surface area contributed by atoms with Crippen molar-refractivity contribution in [2.75, 3.05) is 24.4 Å². The molecule has 0 heterocycles. The van der Waals surface area contributed by atoms with Crippen LogP contribution in [0.25, 0.3) is 0 Å². The van der Waals surface area contributed by atoms with Crippen molar-refractivity contribution in [2.45, 2.75) is 45.1 Å². The molecule has 1 aromatic rings. The van der Waals surface area contributed by atoms with E-state index in [0.717, 1.165) is 50.0 Å². The summed E-state index contributed by atoms with van der Waals surface area (Å²) in [5.74, 6) is 2.13. The number of carbonyl (C=O) groups is 2. The SMILES string of the molecule is COCc1cccc(CC/C=C/[C@H]2CCC(=O)C2)c1.O=C(O)CSCCCS. The Balaban J connectivity index is 0.000000370. The van der Waals surface area contributed by atoms with Crippen LogP contribution in [-0.4, -0.2) is 41.2 Å². The molecule has 1 aromatic carbocycles. The van der Waals surface area contributed by atoms with Crippen molar-refractivity contribution in [2.24, 2.45) is 5.92 Å². The zero-order valence-corrected chi connectivity index (χ0v) is 18.4. The number of carbonyl (C=O) groups excluding carboxylic acids is 1. The first-order chi connectivity index (χ1) is 13.5. The van der Waals surface area contributed by atoms with Crippen molar-refractivity contribution < 1.29 is 19.4 Å². The third kappa shape index (κ3) is 12.3. The molecular formula is C22H32O4S2. The topological polar surface area (TPSA) is 63.6 Å². The van der Waals surface area contributed by atoms with Crippen molar-refractivity contribution in [1.29, 1.82) is 0 Å². The molecule has 1 fully saturated rings. The average Bonchev–Trinajstić information content (AvgIpc) is 3.09. The molecule has 0 bridgehead atoms. The van der Waals surface area contributed by atoms with Crippen LogP contribution in [0.15, 0.2) is 36.4 Å². The van der Waals surface area contributed by atoms with Crippen LogP contribution in [0.2, 0.25) is 0 Å². The summed E-state index contributed by atoms with van der Waals surface area (Å²) in [5.41, 5.74) is 2.58. The van der Waals surface area contributed by atoms with E-state index < -0.39 is 5.97 Å². The third-order valence-corrected chi connectivity index (χ3v) is 5.61. The number of methoxy groups -OCH3 is 1. The highest BCUT2D eigenvalue weighted by atomic mass is 32.2. The van der Waals surface area contributed by atoms with Crippen molar-refractivity contribution in [3.63, 3.8) is 0 Å². The van der Waals surface area contributed by atoms with E-state index in [0.29, 0.717) is 18.3 Å². The Morgan fingerprint density at radius 1 is 1.39 bits per heavy atom. The molecule has 156 valence electrons. The largest absolute Gasteiger partial charge is 0.481 e. The second-order valence-electron chi connectivity index (χ2n) is 6.78. The van der Waals surface area contributed by atoms with E-state index in [2.05, 4.69) is 49.0 Å². The van der Waals surface area contributed by atoms with Crippen LogP contribution in [0.3, 0.4) is 0 Å². The molecule has 0 radical (unpaired) electrons. The molecule has 1 N–H and O–H groups in total. The zero-order valence-electron chi connectivity index (χ0n) is 16.6. The lowest BCUT2D eigenvalue weighted by molar-refractivity contribution is -0.133. The highest BCUT2D eigenvalue weighted by Gasteiger charge is 2.18. The zero-order chi connectivity index (χ0) is 20.6. The monoisotopic (exact) mass is 424 g/mol. The standard InChI is InChI=1S/C17H22O2.C5H10O2S2/c1-19-13-16-8-4-7-14(11-16)5-2-3-6-15-9-10-17(18)12-15;6-5(7)4-9-3-1-2-8/h3-4,6-8,11,15H,2,5,9-10,12-13H2,1H3;8H,1-4H2,(H,6,7)/b6-3+;/t15-;/m0./s1. The summed E-state index contributed by atoms with van der Waals surface area (Å²) < 4.78 is 5.14. The number of aryl methyl sites for hydroxylation is 1. The van der Waals surface area contributed by atoms with E-state index in [1.165, 1.54) is 22.9 Å². The van der Waals surface area contributed by atoms with Gasteiger partial charge in [0.2, 0.25) is 0 Å². The minimum atomic E-state index is -0.737. The van der Waals surface area contributed by atoms with Gasteiger partial charge in [0.05, 0.1) is 12.4 Å². The number of ether oxygens (including phenoxy) is 1. The Morgan fingerprint density at radius 3 is 2.82 bits per heavy atom. The molecule has 0 spiro atoms. The number of carboxylic acids is 1. The summed E-state index contributed by atoms with van der Waals surface area (Å²) >= 11 is 5.42. The Bertz CT molecular complexity index is 616. The molecule has 0 aliphatic heterocycles. The second kappa shape index (κ2) is 15.7. The maximum atomic E-state index is 11.2. The van der Waals surface area contributed by atoms with E-state index in [4.69, 9.17) is 9.84 Å². The molecular weight excluding hydrogens is 392 g/mol. The number of thiol groups is 1. The smallest absolute Gasteiger partial charge is 0.313 e. The van der Waals surface area contributed by atoms with Crippen LogP contribution in [0.5, 0.6) is 0 Å². The van der Waals surface area contributed by atoms with Gasteiger partial charge in [-0.1, -0.05) is 36.4 Å². The van der Waals surface area contributed by atoms with Crippen LogP contribution < -0.4 is 0 Å². The van der Waals surface area contributed by atoms with Gasteiger partial charge < -0.3 is 9.84 Å². The van der Waals surface area contributed by atoms with Gasteiger partial charge in [0.1, 0.15) is 5.78 Å². The number of allylic oxidation sites excluding steroid dienone is 2. The van der Waals surface area contributed by atoms with Crippen molar-refractivity contribution in [3.05, 3.63) is 47.5 Å². The average molecular weight is 425 g/mol. The van der Waals surface area contributed by atoms with Gasteiger partial charge in [-0.15, -0.1) is 0 Å². The maximum Gasteiger partial charge on any atom is 0.313 e. The number of carboxylic acid groups (broad SMARTS) is 1. The lowest BCUT2D eigenvalue weighted by atomic mass is 10.0. The first-order valence-corrected chi connectivity index (χ1v) is 11.5. The van der Waals surface area contributed by atoms with Crippen LogP contribution in [-0.2, 0) is 27.4 Å². The molecule has 0 saturated heterocycles. The van der Waals surface area contributed by atoms with Crippen molar-refractivity contribution in [3.8, 4) is 0 Å². The van der Waals surface area contributed by atoms with Crippen LogP contribution in [0.1, 0.15) is 43.2 Å². The number of rotatable bonds is 11. The number of ketones is 1. The van der Waals surface area contributed by atoms with Crippen LogP contribution >= 0.6 is 24.4 Å². The number of hydrogen-bond acceptors (Lipinski definition) is 5. The quantitative estimate of drug-likeness (QED) is 0.303. The summed E-state index contributed by atoms with van der Waals surface area (Å²) in [4.78, 5) is 21.1. The molecule has 1 saturated carbocycles. The predicted octanol–water partition coefficient (Wildman–Crippen LogP) is 4.82. The fraction of sp³-hybridized carbons (Fsp3) is 0.545. The summed E-state index contributed by atoms with van der Waals surface area (Å²) in [5, 5.41) is 8.17. The number of aliphatic carboxylic acids is 1. The predicted molar refractivity (Wildman–Crippen MR) is 120 cm³/mol. The van der Waals surface area contributed by atoms with Gasteiger partial charge >= 0.3 is 5.97 Å². The van der Waals surface area contributed by atoms with Gasteiger partial charge in [-0.25, -0.2) is 0 Å². The Hall–Kier alpha value is -1.24. The molecule has 1 aliphatic carbocycles. The van der Waals surface area contributed by atoms with E-state index in [1.807, 2.05) is 0 Å². The number of hydrogen-bond donors (Lipinski definition) is 2. The summed E-state index contributed by atoms with van der Waals surface area (Å²) in [6, 6.07) is 8.54. The summed E-state index contributed by atoms with van der Waals surface area (Å²) in [6.07, 6.45) is 10.1. The van der Waals surface area contributed by atoms with E-state index in [1.54, 1.807) is 7.11 Å². The van der Waals surface area contributed by atoms with E-state index in [-0.39, 0.29) is 5.75 Å². The minimum absolute atomic E-state index is 0.216. The lowest BCUT2D eigenvalue weighted by Crippen LogP contribution is -1.98. The van der Waals surface area contributed by atoms with E-state index >= 15 is 0 Å². The number of Topliss-reactive ketones (excluding diaryl/α,β-unsaturated/α-hetero) is 1. The molecule has 2 rings (SSSR count). The molecule has 28 heavy (non-hydrogen) atoms. The summed E-state index contributed by atoms with van der Waals surface area (Å²) in [6.45, 7) is 0.674. The van der Waals surface area contributed by atoms with Crippen LogP contribution in [0, 0.1) is 5.92 Å². The highest BCUT2D eigenvalue weighted by molar-refractivity contribution is 7.99. The summed E-state index contributed by atoms with van der Waals surface area (Å²) in [7, 11) is 1.72. The fourth-order valence-electron chi connectivity index (χ4n) is 2.91. The molecule has 0 unspecified atom stereocenters. The van der Waals surface area contributed by atoms with Gasteiger partial charge in [0.15, 0.2) is 0 Å². The van der Waals surface area contributed by atoms with Crippen molar-refractivity contribution >= 4 is 36.1 Å². The fourth-order valence-corrected chi connectivity index (χ4v) is 3.95. The van der Waals surface area contributed by atoms with Gasteiger partial charge in [0.25, 0.3) is 0 Å². The second-order valence-corrected chi connectivity index (χ2v) is 8.34. The number of thioether (sulfide) groups is 1.